The summed E-state index contributed by atoms with van der Waals surface area (Å²) < 4.78 is 11.1. The molecule has 1 aliphatic carbocycles. The Hall–Kier alpha value is -0.610. The minimum atomic E-state index is -0.758. The standard InChI is InChI=1S/C18H34O4/c1-13(2)14-7-9-18(6,10-8-14)22-12-15(19)11-21-16(20)17(3,4)5/h13-15,19H,7-12H2,1-6H3. The smallest absolute Gasteiger partial charge is 0.311 e. The molecular weight excluding hydrogens is 280 g/mol. The van der Waals surface area contributed by atoms with E-state index in [2.05, 4.69) is 20.8 Å². The first-order valence-corrected chi connectivity index (χ1v) is 8.53. The summed E-state index contributed by atoms with van der Waals surface area (Å²) in [5.41, 5.74) is -0.692. The van der Waals surface area contributed by atoms with E-state index in [1.165, 1.54) is 12.8 Å². The van der Waals surface area contributed by atoms with Gasteiger partial charge in [0.2, 0.25) is 0 Å². The molecule has 0 saturated heterocycles. The SMILES string of the molecule is CC(C)C1CCC(C)(OCC(O)COC(=O)C(C)(C)C)CC1. The normalized spacial score (nSPS) is 27.7. The molecule has 0 aromatic carbocycles. The van der Waals surface area contributed by atoms with E-state index in [0.717, 1.165) is 24.7 Å². The van der Waals surface area contributed by atoms with E-state index in [9.17, 15) is 9.90 Å². The van der Waals surface area contributed by atoms with E-state index in [4.69, 9.17) is 9.47 Å². The molecular formula is C18H34O4. The molecule has 4 nitrogen and oxygen atoms in total. The Balaban J connectivity index is 2.29. The maximum Gasteiger partial charge on any atom is 0.311 e. The second-order valence-corrected chi connectivity index (χ2v) is 8.34. The molecule has 22 heavy (non-hydrogen) atoms. The fraction of sp³-hybridized carbons (Fsp3) is 0.944. The second-order valence-electron chi connectivity index (χ2n) is 8.34. The number of esters is 1. The van der Waals surface area contributed by atoms with Crippen molar-refractivity contribution in [1.29, 1.82) is 0 Å². The summed E-state index contributed by atoms with van der Waals surface area (Å²) >= 11 is 0. The first-order chi connectivity index (χ1) is 10.0. The van der Waals surface area contributed by atoms with Gasteiger partial charge in [0.25, 0.3) is 0 Å². The summed E-state index contributed by atoms with van der Waals surface area (Å²) in [5, 5.41) is 9.95. The van der Waals surface area contributed by atoms with Gasteiger partial charge in [0.1, 0.15) is 12.7 Å². The predicted molar refractivity (Wildman–Crippen MR) is 87.6 cm³/mol. The molecule has 0 aromatic heterocycles. The lowest BCUT2D eigenvalue weighted by Crippen LogP contribution is -2.38. The van der Waals surface area contributed by atoms with Crippen LogP contribution in [0.5, 0.6) is 0 Å². The van der Waals surface area contributed by atoms with Gasteiger partial charge in [-0.25, -0.2) is 0 Å². The molecule has 0 heterocycles. The van der Waals surface area contributed by atoms with Gasteiger partial charge in [-0.3, -0.25) is 4.79 Å². The topological polar surface area (TPSA) is 55.8 Å². The van der Waals surface area contributed by atoms with Crippen LogP contribution < -0.4 is 0 Å². The zero-order chi connectivity index (χ0) is 17.0. The van der Waals surface area contributed by atoms with Crippen molar-refractivity contribution in [1.82, 2.24) is 0 Å². The molecule has 0 aromatic rings. The largest absolute Gasteiger partial charge is 0.462 e. The summed E-state index contributed by atoms with van der Waals surface area (Å²) in [4.78, 5) is 11.7. The van der Waals surface area contributed by atoms with Crippen molar-refractivity contribution >= 4 is 5.97 Å². The van der Waals surface area contributed by atoms with Crippen LogP contribution in [0.2, 0.25) is 0 Å². The minimum Gasteiger partial charge on any atom is -0.462 e. The van der Waals surface area contributed by atoms with E-state index in [1.807, 2.05) is 0 Å². The van der Waals surface area contributed by atoms with E-state index in [-0.39, 0.29) is 24.8 Å². The van der Waals surface area contributed by atoms with Gasteiger partial charge in [-0.15, -0.1) is 0 Å². The molecule has 0 radical (unpaired) electrons. The van der Waals surface area contributed by atoms with Crippen molar-refractivity contribution in [3.8, 4) is 0 Å². The second kappa shape index (κ2) is 7.78. The predicted octanol–water partition coefficient (Wildman–Crippen LogP) is 3.56. The van der Waals surface area contributed by atoms with Crippen LogP contribution in [-0.4, -0.2) is 36.0 Å². The maximum atomic E-state index is 11.7. The van der Waals surface area contributed by atoms with E-state index in [1.54, 1.807) is 20.8 Å². The zero-order valence-electron chi connectivity index (χ0n) is 15.1. The Kier molecular flexibility index (Phi) is 6.87. The third-order valence-corrected chi connectivity index (χ3v) is 4.67. The summed E-state index contributed by atoms with van der Waals surface area (Å²) in [6.45, 7) is 12.3. The molecule has 0 amide bonds. The van der Waals surface area contributed by atoms with Crippen molar-refractivity contribution in [3.05, 3.63) is 0 Å². The molecule has 1 aliphatic rings. The number of ether oxygens (including phenoxy) is 2. The summed E-state index contributed by atoms with van der Waals surface area (Å²) in [6.07, 6.45) is 3.67. The molecule has 1 saturated carbocycles. The molecule has 4 heteroatoms. The van der Waals surface area contributed by atoms with E-state index < -0.39 is 11.5 Å². The minimum absolute atomic E-state index is 0.000796. The molecule has 0 aliphatic heterocycles. The Morgan fingerprint density at radius 3 is 2.23 bits per heavy atom. The highest BCUT2D eigenvalue weighted by Gasteiger charge is 2.33. The van der Waals surface area contributed by atoms with E-state index >= 15 is 0 Å². The van der Waals surface area contributed by atoms with Crippen LogP contribution in [0.3, 0.4) is 0 Å². The van der Waals surface area contributed by atoms with Crippen molar-refractivity contribution < 1.29 is 19.4 Å². The van der Waals surface area contributed by atoms with Crippen LogP contribution in [0.4, 0.5) is 0 Å². The van der Waals surface area contributed by atoms with Crippen LogP contribution in [0.1, 0.15) is 67.2 Å². The van der Waals surface area contributed by atoms with Crippen LogP contribution in [0.15, 0.2) is 0 Å². The van der Waals surface area contributed by atoms with Crippen LogP contribution in [0, 0.1) is 17.3 Å². The first-order valence-electron chi connectivity index (χ1n) is 8.53. The highest BCUT2D eigenvalue weighted by molar-refractivity contribution is 5.75. The zero-order valence-corrected chi connectivity index (χ0v) is 15.1. The Labute approximate surface area is 135 Å². The van der Waals surface area contributed by atoms with Crippen molar-refractivity contribution in [2.24, 2.45) is 17.3 Å². The van der Waals surface area contributed by atoms with Crippen molar-refractivity contribution in [2.75, 3.05) is 13.2 Å². The maximum absolute atomic E-state index is 11.7. The molecule has 130 valence electrons. The van der Waals surface area contributed by atoms with Gasteiger partial charge in [-0.1, -0.05) is 13.8 Å². The van der Waals surface area contributed by atoms with Gasteiger partial charge in [-0.2, -0.15) is 0 Å². The fourth-order valence-corrected chi connectivity index (χ4v) is 2.80. The van der Waals surface area contributed by atoms with Crippen LogP contribution in [0.25, 0.3) is 0 Å². The average Bonchev–Trinajstić information content (AvgIpc) is 2.42. The number of aliphatic hydroxyl groups excluding tert-OH is 1. The number of rotatable bonds is 6. The van der Waals surface area contributed by atoms with Crippen molar-refractivity contribution in [3.63, 3.8) is 0 Å². The Morgan fingerprint density at radius 2 is 1.77 bits per heavy atom. The quantitative estimate of drug-likeness (QED) is 0.762. The molecule has 1 rings (SSSR count). The Bertz CT molecular complexity index is 349. The van der Waals surface area contributed by atoms with Gasteiger partial charge < -0.3 is 14.6 Å². The van der Waals surface area contributed by atoms with Gasteiger partial charge >= 0.3 is 5.97 Å². The number of carbonyl (C=O) groups is 1. The molecule has 0 bridgehead atoms. The van der Waals surface area contributed by atoms with E-state index in [0.29, 0.717) is 0 Å². The summed E-state index contributed by atoms with van der Waals surface area (Å²) in [6, 6.07) is 0. The third-order valence-electron chi connectivity index (χ3n) is 4.67. The highest BCUT2D eigenvalue weighted by Crippen LogP contribution is 2.37. The average molecular weight is 314 g/mol. The third kappa shape index (κ3) is 6.25. The molecule has 1 unspecified atom stereocenters. The Morgan fingerprint density at radius 1 is 1.23 bits per heavy atom. The highest BCUT2D eigenvalue weighted by atomic mass is 16.6. The van der Waals surface area contributed by atoms with Gasteiger partial charge in [0.15, 0.2) is 0 Å². The molecule has 1 fully saturated rings. The van der Waals surface area contributed by atoms with Gasteiger partial charge in [0, 0.05) is 0 Å². The number of carbonyl (C=O) groups excluding carboxylic acids is 1. The fourth-order valence-electron chi connectivity index (χ4n) is 2.80. The number of hydrogen-bond donors (Lipinski definition) is 1. The molecule has 0 spiro atoms. The van der Waals surface area contributed by atoms with Gasteiger partial charge in [0.05, 0.1) is 17.6 Å². The molecule has 1 atom stereocenters. The number of aliphatic hydroxyl groups is 1. The number of hydrogen-bond acceptors (Lipinski definition) is 4. The lowest BCUT2D eigenvalue weighted by Gasteiger charge is -2.39. The lowest BCUT2D eigenvalue weighted by atomic mass is 9.75. The summed E-state index contributed by atoms with van der Waals surface area (Å²) in [5.74, 6) is 1.22. The first kappa shape index (κ1) is 19.4. The monoisotopic (exact) mass is 314 g/mol. The van der Waals surface area contributed by atoms with Crippen LogP contribution in [-0.2, 0) is 14.3 Å². The molecule has 1 N–H and O–H groups in total. The summed E-state index contributed by atoms with van der Waals surface area (Å²) in [7, 11) is 0. The van der Waals surface area contributed by atoms with Crippen molar-refractivity contribution in [2.45, 2.75) is 78.9 Å². The van der Waals surface area contributed by atoms with Gasteiger partial charge in [-0.05, 0) is 65.2 Å². The lowest BCUT2D eigenvalue weighted by molar-refractivity contribution is -0.159. The van der Waals surface area contributed by atoms with Crippen LogP contribution >= 0.6 is 0 Å².